The second-order valence-electron chi connectivity index (χ2n) is 3.53. The molecule has 1 fully saturated rings. The van der Waals surface area contributed by atoms with Gasteiger partial charge in [0.15, 0.2) is 0 Å². The van der Waals surface area contributed by atoms with Gasteiger partial charge in [-0.2, -0.15) is 0 Å². The van der Waals surface area contributed by atoms with Crippen LogP contribution in [0.3, 0.4) is 0 Å². The van der Waals surface area contributed by atoms with Gasteiger partial charge in [0.1, 0.15) is 6.04 Å². The van der Waals surface area contributed by atoms with Crippen molar-refractivity contribution >= 4 is 11.9 Å². The number of hydrogen-bond acceptors (Lipinski definition) is 4. The van der Waals surface area contributed by atoms with Crippen LogP contribution in [0.2, 0.25) is 0 Å². The highest BCUT2D eigenvalue weighted by molar-refractivity contribution is 5.84. The summed E-state index contributed by atoms with van der Waals surface area (Å²) in [6.45, 7) is 3.64. The zero-order valence-corrected chi connectivity index (χ0v) is 9.29. The van der Waals surface area contributed by atoms with Gasteiger partial charge in [0, 0.05) is 18.4 Å². The largest absolute Gasteiger partial charge is 0.464 e. The van der Waals surface area contributed by atoms with Gasteiger partial charge < -0.3 is 9.64 Å². The molecule has 1 saturated heterocycles. The van der Waals surface area contributed by atoms with Gasteiger partial charge in [-0.15, -0.1) is 0 Å². The van der Waals surface area contributed by atoms with Crippen molar-refractivity contribution in [1.29, 1.82) is 0 Å². The Morgan fingerprint density at radius 3 is 2.81 bits per heavy atom. The summed E-state index contributed by atoms with van der Waals surface area (Å²) < 4.78 is 4.87. The number of ether oxygens (including phenoxy) is 1. The molecule has 1 unspecified atom stereocenters. The third-order valence-electron chi connectivity index (χ3n) is 2.46. The standard InChI is InChI=1S/C9H14N4O3/c1-3-16-9(15)8-4-7(11-12-10)5-13(8)6(2)14/h7-8H,3-5H2,1-2H3/t7?,8-/m0/s1. The van der Waals surface area contributed by atoms with Gasteiger partial charge in [0.2, 0.25) is 5.91 Å². The third-order valence-corrected chi connectivity index (χ3v) is 2.46. The highest BCUT2D eigenvalue weighted by Gasteiger charge is 2.38. The molecule has 0 spiro atoms. The Bertz CT molecular complexity index is 338. The van der Waals surface area contributed by atoms with Crippen LogP contribution in [0, 0.1) is 0 Å². The van der Waals surface area contributed by atoms with Gasteiger partial charge in [-0.1, -0.05) is 5.11 Å². The average Bonchev–Trinajstić information content (AvgIpc) is 2.63. The molecule has 0 aromatic carbocycles. The first-order chi connectivity index (χ1) is 7.60. The summed E-state index contributed by atoms with van der Waals surface area (Å²) in [5.74, 6) is -0.651. The third kappa shape index (κ3) is 2.64. The van der Waals surface area contributed by atoms with Crippen LogP contribution < -0.4 is 0 Å². The predicted molar refractivity (Wildman–Crippen MR) is 55.4 cm³/mol. The fourth-order valence-electron chi connectivity index (χ4n) is 1.78. The normalized spacial score (nSPS) is 23.8. The SMILES string of the molecule is CCOC(=O)[C@@H]1CC(N=[N+]=[N-])CN1C(C)=O. The molecular weight excluding hydrogens is 212 g/mol. The molecule has 0 N–H and O–H groups in total. The fourth-order valence-corrected chi connectivity index (χ4v) is 1.78. The second-order valence-corrected chi connectivity index (χ2v) is 3.53. The predicted octanol–water partition coefficient (Wildman–Crippen LogP) is 0.849. The lowest BCUT2D eigenvalue weighted by atomic mass is 10.2. The summed E-state index contributed by atoms with van der Waals surface area (Å²) >= 11 is 0. The van der Waals surface area contributed by atoms with E-state index >= 15 is 0 Å². The molecule has 0 radical (unpaired) electrons. The van der Waals surface area contributed by atoms with Crippen LogP contribution in [0.1, 0.15) is 20.3 Å². The summed E-state index contributed by atoms with van der Waals surface area (Å²) in [6.07, 6.45) is 0.336. The molecule has 7 nitrogen and oxygen atoms in total. The maximum absolute atomic E-state index is 11.6. The Morgan fingerprint density at radius 1 is 1.62 bits per heavy atom. The van der Waals surface area contributed by atoms with Crippen LogP contribution in [-0.4, -0.2) is 42.0 Å². The molecule has 88 valence electrons. The van der Waals surface area contributed by atoms with E-state index in [2.05, 4.69) is 10.0 Å². The summed E-state index contributed by atoms with van der Waals surface area (Å²) in [4.78, 5) is 26.9. The molecule has 0 bridgehead atoms. The summed E-state index contributed by atoms with van der Waals surface area (Å²) in [5, 5.41) is 3.53. The van der Waals surface area contributed by atoms with Gasteiger partial charge in [-0.25, -0.2) is 4.79 Å². The maximum Gasteiger partial charge on any atom is 0.328 e. The van der Waals surface area contributed by atoms with Gasteiger partial charge in [0.25, 0.3) is 0 Å². The summed E-state index contributed by atoms with van der Waals surface area (Å²) in [5.41, 5.74) is 8.32. The molecule has 0 aromatic rings. The lowest BCUT2D eigenvalue weighted by Gasteiger charge is -2.21. The van der Waals surface area contributed by atoms with Crippen LogP contribution >= 0.6 is 0 Å². The number of likely N-dealkylation sites (tertiary alicyclic amines) is 1. The monoisotopic (exact) mass is 226 g/mol. The number of nitrogens with zero attached hydrogens (tertiary/aromatic N) is 4. The first kappa shape index (κ1) is 12.3. The van der Waals surface area contributed by atoms with Crippen LogP contribution in [0.15, 0.2) is 5.11 Å². The van der Waals surface area contributed by atoms with Crippen LogP contribution in [0.4, 0.5) is 0 Å². The Labute approximate surface area is 93.0 Å². The van der Waals surface area contributed by atoms with Crippen molar-refractivity contribution in [3.05, 3.63) is 10.4 Å². The molecule has 2 atom stereocenters. The lowest BCUT2D eigenvalue weighted by molar-refractivity contribution is -0.152. The van der Waals surface area contributed by atoms with E-state index in [9.17, 15) is 9.59 Å². The van der Waals surface area contributed by atoms with Crippen LogP contribution in [0.5, 0.6) is 0 Å². The number of azide groups is 1. The topological polar surface area (TPSA) is 95.4 Å². The lowest BCUT2D eigenvalue weighted by Crippen LogP contribution is -2.40. The Hall–Kier alpha value is -1.75. The minimum absolute atomic E-state index is 0.214. The van der Waals surface area contributed by atoms with Gasteiger partial charge in [-0.3, -0.25) is 4.79 Å². The van der Waals surface area contributed by atoms with E-state index in [-0.39, 0.29) is 25.1 Å². The zero-order chi connectivity index (χ0) is 12.1. The first-order valence-electron chi connectivity index (χ1n) is 5.08. The van der Waals surface area contributed by atoms with E-state index in [1.165, 1.54) is 11.8 Å². The summed E-state index contributed by atoms with van der Waals surface area (Å²) in [7, 11) is 0. The maximum atomic E-state index is 11.6. The van der Waals surface area contributed by atoms with E-state index < -0.39 is 12.0 Å². The number of rotatable bonds is 3. The van der Waals surface area contributed by atoms with Crippen molar-refractivity contribution in [2.75, 3.05) is 13.2 Å². The van der Waals surface area contributed by atoms with Crippen molar-refractivity contribution in [2.24, 2.45) is 5.11 Å². The second kappa shape index (κ2) is 5.37. The number of carbonyl (C=O) groups is 2. The van der Waals surface area contributed by atoms with E-state index in [4.69, 9.17) is 10.3 Å². The molecule has 0 saturated carbocycles. The zero-order valence-electron chi connectivity index (χ0n) is 9.29. The first-order valence-corrected chi connectivity index (χ1v) is 5.08. The quantitative estimate of drug-likeness (QED) is 0.309. The number of carbonyl (C=O) groups excluding carboxylic acids is 2. The molecule has 0 aromatic heterocycles. The molecule has 16 heavy (non-hydrogen) atoms. The Morgan fingerprint density at radius 2 is 2.31 bits per heavy atom. The highest BCUT2D eigenvalue weighted by Crippen LogP contribution is 2.21. The van der Waals surface area contributed by atoms with E-state index in [1.54, 1.807) is 6.92 Å². The molecule has 1 aliphatic heterocycles. The molecular formula is C9H14N4O3. The Balaban J connectivity index is 2.76. The van der Waals surface area contributed by atoms with Gasteiger partial charge in [0.05, 0.1) is 12.6 Å². The molecule has 1 aliphatic rings. The van der Waals surface area contributed by atoms with E-state index in [0.29, 0.717) is 6.42 Å². The number of amides is 1. The van der Waals surface area contributed by atoms with Crippen molar-refractivity contribution in [1.82, 2.24) is 4.90 Å². The highest BCUT2D eigenvalue weighted by atomic mass is 16.5. The number of esters is 1. The van der Waals surface area contributed by atoms with Crippen LogP contribution in [-0.2, 0) is 14.3 Å². The Kier molecular flexibility index (Phi) is 4.13. The number of hydrogen-bond donors (Lipinski definition) is 0. The molecule has 1 amide bonds. The van der Waals surface area contributed by atoms with E-state index in [1.807, 2.05) is 0 Å². The molecule has 1 rings (SSSR count). The molecule has 0 aliphatic carbocycles. The molecule has 1 heterocycles. The van der Waals surface area contributed by atoms with Gasteiger partial charge in [-0.05, 0) is 18.9 Å². The van der Waals surface area contributed by atoms with Crippen molar-refractivity contribution in [2.45, 2.75) is 32.4 Å². The van der Waals surface area contributed by atoms with Gasteiger partial charge >= 0.3 is 5.97 Å². The average molecular weight is 226 g/mol. The smallest absolute Gasteiger partial charge is 0.328 e. The van der Waals surface area contributed by atoms with Crippen molar-refractivity contribution < 1.29 is 14.3 Å². The van der Waals surface area contributed by atoms with Crippen molar-refractivity contribution in [3.8, 4) is 0 Å². The fraction of sp³-hybridized carbons (Fsp3) is 0.778. The minimum Gasteiger partial charge on any atom is -0.464 e. The van der Waals surface area contributed by atoms with Crippen molar-refractivity contribution in [3.63, 3.8) is 0 Å². The minimum atomic E-state index is -0.618. The molecule has 7 heteroatoms. The summed E-state index contributed by atoms with van der Waals surface area (Å²) in [6, 6.07) is -0.962. The van der Waals surface area contributed by atoms with E-state index in [0.717, 1.165) is 0 Å². The van der Waals surface area contributed by atoms with Crippen LogP contribution in [0.25, 0.3) is 10.4 Å².